The lowest BCUT2D eigenvalue weighted by atomic mass is 10.0. The van der Waals surface area contributed by atoms with E-state index in [4.69, 9.17) is 0 Å². The monoisotopic (exact) mass is 249 g/mol. The van der Waals surface area contributed by atoms with E-state index >= 15 is 0 Å². The molecule has 2 rings (SSSR count). The Hall–Kier alpha value is -1.81. The van der Waals surface area contributed by atoms with E-state index in [-0.39, 0.29) is 12.0 Å². The second-order valence-electron chi connectivity index (χ2n) is 4.12. The number of hydrogen-bond acceptors (Lipinski definition) is 2. The third-order valence-electron chi connectivity index (χ3n) is 2.84. The third kappa shape index (κ3) is 2.54. The van der Waals surface area contributed by atoms with Crippen molar-refractivity contribution < 1.29 is 13.9 Å². The first kappa shape index (κ1) is 12.6. The molecule has 0 bridgehead atoms. The Labute approximate surface area is 104 Å². The van der Waals surface area contributed by atoms with Gasteiger partial charge in [0.05, 0.1) is 11.7 Å². The summed E-state index contributed by atoms with van der Waals surface area (Å²) in [4.78, 5) is 4.10. The molecule has 0 saturated carbocycles. The molecule has 0 aliphatic carbocycles. The minimum absolute atomic E-state index is 0.0878. The molecule has 1 aromatic carbocycles. The van der Waals surface area contributed by atoms with Crippen LogP contribution in [0.15, 0.2) is 36.5 Å². The highest BCUT2D eigenvalue weighted by Gasteiger charge is 2.19. The van der Waals surface area contributed by atoms with E-state index in [0.717, 1.165) is 17.7 Å². The maximum Gasteiger partial charge on any atom is 0.131 e. The van der Waals surface area contributed by atoms with Crippen LogP contribution in [0, 0.1) is 18.6 Å². The maximum absolute atomic E-state index is 13.5. The minimum atomic E-state index is -1.24. The number of benzene rings is 1. The van der Waals surface area contributed by atoms with Crippen molar-refractivity contribution >= 4 is 0 Å². The molecule has 0 aliphatic rings. The average Bonchev–Trinajstić information content (AvgIpc) is 2.32. The number of aryl methyl sites for hydroxylation is 1. The molecule has 1 aromatic heterocycles. The van der Waals surface area contributed by atoms with Crippen molar-refractivity contribution in [3.05, 3.63) is 65.0 Å². The van der Waals surface area contributed by atoms with Crippen LogP contribution in [0.5, 0.6) is 0 Å². The van der Waals surface area contributed by atoms with Crippen LogP contribution in [0.25, 0.3) is 0 Å². The summed E-state index contributed by atoms with van der Waals surface area (Å²) in [6.07, 6.45) is 0.442. The molecule has 4 heteroatoms. The molecule has 2 nitrogen and oxygen atoms in total. The van der Waals surface area contributed by atoms with Crippen LogP contribution in [0.3, 0.4) is 0 Å². The van der Waals surface area contributed by atoms with Crippen LogP contribution < -0.4 is 0 Å². The largest absolute Gasteiger partial charge is 0.388 e. The van der Waals surface area contributed by atoms with E-state index in [9.17, 15) is 13.9 Å². The number of hydrogen-bond donors (Lipinski definition) is 1. The Kier molecular flexibility index (Phi) is 3.67. The summed E-state index contributed by atoms with van der Waals surface area (Å²) in [5.74, 6) is -1.48. The first-order chi connectivity index (χ1) is 8.59. The molecule has 0 spiro atoms. The van der Waals surface area contributed by atoms with Crippen LogP contribution in [0.2, 0.25) is 0 Å². The molecule has 2 aromatic rings. The molecule has 1 unspecified atom stereocenters. The van der Waals surface area contributed by atoms with E-state index in [1.807, 2.05) is 13.0 Å². The van der Waals surface area contributed by atoms with Gasteiger partial charge in [0.2, 0.25) is 0 Å². The Bertz CT molecular complexity index is 537. The van der Waals surface area contributed by atoms with Gasteiger partial charge in [-0.25, -0.2) is 8.78 Å². The molecular weight excluding hydrogens is 236 g/mol. The molecule has 94 valence electrons. The van der Waals surface area contributed by atoms with Crippen molar-refractivity contribution in [2.24, 2.45) is 0 Å². The molecule has 0 radical (unpaired) electrons. The quantitative estimate of drug-likeness (QED) is 0.907. The fourth-order valence-corrected chi connectivity index (χ4v) is 1.85. The van der Waals surface area contributed by atoms with Crippen LogP contribution in [0.1, 0.15) is 22.9 Å². The van der Waals surface area contributed by atoms with Gasteiger partial charge >= 0.3 is 0 Å². The second kappa shape index (κ2) is 5.23. The first-order valence-corrected chi connectivity index (χ1v) is 5.62. The van der Waals surface area contributed by atoms with E-state index in [2.05, 4.69) is 4.98 Å². The average molecular weight is 249 g/mol. The summed E-state index contributed by atoms with van der Waals surface area (Å²) in [6.45, 7) is 1.84. The van der Waals surface area contributed by atoms with Gasteiger partial charge in [0.1, 0.15) is 11.6 Å². The van der Waals surface area contributed by atoms with Gasteiger partial charge in [0.25, 0.3) is 0 Å². The number of aliphatic hydroxyl groups is 1. The third-order valence-corrected chi connectivity index (χ3v) is 2.84. The molecule has 0 fully saturated rings. The zero-order valence-corrected chi connectivity index (χ0v) is 9.90. The normalized spacial score (nSPS) is 12.4. The zero-order chi connectivity index (χ0) is 13.1. The van der Waals surface area contributed by atoms with E-state index in [1.165, 1.54) is 6.07 Å². The van der Waals surface area contributed by atoms with Crippen LogP contribution in [0.4, 0.5) is 8.78 Å². The van der Waals surface area contributed by atoms with E-state index in [1.54, 1.807) is 12.3 Å². The Morgan fingerprint density at radius 3 is 2.44 bits per heavy atom. The van der Waals surface area contributed by atoms with E-state index < -0.39 is 17.7 Å². The van der Waals surface area contributed by atoms with Crippen molar-refractivity contribution in [2.45, 2.75) is 19.4 Å². The summed E-state index contributed by atoms with van der Waals surface area (Å²) in [5, 5.41) is 9.94. The molecule has 18 heavy (non-hydrogen) atoms. The van der Waals surface area contributed by atoms with Gasteiger partial charge < -0.3 is 5.11 Å². The van der Waals surface area contributed by atoms with Gasteiger partial charge in [0.15, 0.2) is 0 Å². The van der Waals surface area contributed by atoms with Gasteiger partial charge in [-0.1, -0.05) is 12.1 Å². The molecule has 1 atom stereocenters. The molecule has 0 amide bonds. The first-order valence-electron chi connectivity index (χ1n) is 5.62. The highest BCUT2D eigenvalue weighted by molar-refractivity contribution is 5.25. The Morgan fingerprint density at radius 1 is 1.17 bits per heavy atom. The van der Waals surface area contributed by atoms with Crippen LogP contribution in [-0.4, -0.2) is 10.1 Å². The van der Waals surface area contributed by atoms with Gasteiger partial charge in [-0.15, -0.1) is 0 Å². The maximum atomic E-state index is 13.5. The summed E-state index contributed by atoms with van der Waals surface area (Å²) in [7, 11) is 0. The summed E-state index contributed by atoms with van der Waals surface area (Å²) in [6, 6.07) is 7.15. The highest BCUT2D eigenvalue weighted by Crippen LogP contribution is 2.24. The molecule has 1 N–H and O–H groups in total. The van der Waals surface area contributed by atoms with Crippen molar-refractivity contribution in [3.8, 4) is 0 Å². The molecular formula is C14H13F2NO. The SMILES string of the molecule is Cc1cccnc1CC(O)c1c(F)cccc1F. The minimum Gasteiger partial charge on any atom is -0.388 e. The van der Waals surface area contributed by atoms with Gasteiger partial charge in [0, 0.05) is 18.3 Å². The number of aliphatic hydroxyl groups excluding tert-OH is 1. The van der Waals surface area contributed by atoms with Crippen LogP contribution in [-0.2, 0) is 6.42 Å². The van der Waals surface area contributed by atoms with Gasteiger partial charge in [-0.2, -0.15) is 0 Å². The topological polar surface area (TPSA) is 33.1 Å². The predicted molar refractivity (Wildman–Crippen MR) is 64.0 cm³/mol. The van der Waals surface area contributed by atoms with Gasteiger partial charge in [-0.3, -0.25) is 4.98 Å². The highest BCUT2D eigenvalue weighted by atomic mass is 19.1. The van der Waals surface area contributed by atoms with E-state index in [0.29, 0.717) is 5.69 Å². The van der Waals surface area contributed by atoms with Crippen LogP contribution >= 0.6 is 0 Å². The lowest BCUT2D eigenvalue weighted by Crippen LogP contribution is -2.09. The molecule has 1 heterocycles. The zero-order valence-electron chi connectivity index (χ0n) is 9.90. The summed E-state index contributed by atoms with van der Waals surface area (Å²) >= 11 is 0. The number of pyridine rings is 1. The lowest BCUT2D eigenvalue weighted by molar-refractivity contribution is 0.167. The summed E-state index contributed by atoms with van der Waals surface area (Å²) < 4.78 is 27.0. The molecule has 0 saturated heterocycles. The Morgan fingerprint density at radius 2 is 1.83 bits per heavy atom. The standard InChI is InChI=1S/C14H13F2NO/c1-9-4-3-7-17-12(9)8-13(18)14-10(15)5-2-6-11(14)16/h2-7,13,18H,8H2,1H3. The fourth-order valence-electron chi connectivity index (χ4n) is 1.85. The van der Waals surface area contributed by atoms with Crippen molar-refractivity contribution in [1.29, 1.82) is 0 Å². The molecule has 0 aliphatic heterocycles. The van der Waals surface area contributed by atoms with Gasteiger partial charge in [-0.05, 0) is 30.7 Å². The van der Waals surface area contributed by atoms with Crippen molar-refractivity contribution in [2.75, 3.05) is 0 Å². The number of aromatic nitrogens is 1. The van der Waals surface area contributed by atoms with Crippen molar-refractivity contribution in [3.63, 3.8) is 0 Å². The number of rotatable bonds is 3. The predicted octanol–water partition coefficient (Wildman–Crippen LogP) is 2.94. The fraction of sp³-hybridized carbons (Fsp3) is 0.214. The Balaban J connectivity index is 2.28. The number of halogens is 2. The number of nitrogens with zero attached hydrogens (tertiary/aromatic N) is 1. The lowest BCUT2D eigenvalue weighted by Gasteiger charge is -2.13. The second-order valence-corrected chi connectivity index (χ2v) is 4.12. The summed E-state index contributed by atoms with van der Waals surface area (Å²) in [5.41, 5.74) is 1.21. The smallest absolute Gasteiger partial charge is 0.131 e. The van der Waals surface area contributed by atoms with Crippen molar-refractivity contribution in [1.82, 2.24) is 4.98 Å².